The molecule has 2 rings (SSSR count). The molecule has 2 aromatic carbocycles. The second kappa shape index (κ2) is 4.45. The van der Waals surface area contributed by atoms with Crippen LogP contribution in [0.5, 0.6) is 0 Å². The third-order valence-electron chi connectivity index (χ3n) is 2.03. The molecular formula is C12H10NTi. The third kappa shape index (κ3) is 2.06. The van der Waals surface area contributed by atoms with E-state index in [0.717, 1.165) is 0 Å². The number of rotatable bonds is 2. The van der Waals surface area contributed by atoms with Crippen LogP contribution < -0.4 is 3.38 Å². The van der Waals surface area contributed by atoms with Crippen molar-refractivity contribution in [3.63, 3.8) is 0 Å². The molecule has 2 heteroatoms. The van der Waals surface area contributed by atoms with Crippen LogP contribution in [0, 0.1) is 0 Å². The molecule has 0 radical (unpaired) electrons. The molecule has 67 valence electrons. The summed E-state index contributed by atoms with van der Waals surface area (Å²) < 4.78 is 2.17. The van der Waals surface area contributed by atoms with Crippen molar-refractivity contribution in [1.29, 1.82) is 0 Å². The molecule has 0 aromatic heterocycles. The van der Waals surface area contributed by atoms with Crippen molar-refractivity contribution < 1.29 is 20.7 Å². The van der Waals surface area contributed by atoms with Gasteiger partial charge in [0.1, 0.15) is 0 Å². The van der Waals surface area contributed by atoms with Crippen LogP contribution in [0.4, 0.5) is 11.4 Å². The van der Waals surface area contributed by atoms with Crippen molar-refractivity contribution in [2.75, 3.05) is 3.38 Å². The molecule has 0 saturated carbocycles. The van der Waals surface area contributed by atoms with E-state index >= 15 is 0 Å². The van der Waals surface area contributed by atoms with Gasteiger partial charge >= 0.3 is 96.1 Å². The van der Waals surface area contributed by atoms with E-state index in [4.69, 9.17) is 0 Å². The Morgan fingerprint density at radius 2 is 1.00 bits per heavy atom. The third-order valence-corrected chi connectivity index (χ3v) is 2.84. The van der Waals surface area contributed by atoms with Gasteiger partial charge in [0.25, 0.3) is 0 Å². The predicted octanol–water partition coefficient (Wildman–Crippen LogP) is 3.29. The number of hydrogen-bond acceptors (Lipinski definition) is 1. The fourth-order valence-electron chi connectivity index (χ4n) is 1.30. The normalized spacial score (nSPS) is 9.64. The first kappa shape index (κ1) is 9.51. The Morgan fingerprint density at radius 1 is 0.643 bits per heavy atom. The quantitative estimate of drug-likeness (QED) is 0.696. The van der Waals surface area contributed by atoms with Gasteiger partial charge < -0.3 is 0 Å². The zero-order valence-electron chi connectivity index (χ0n) is 7.72. The van der Waals surface area contributed by atoms with E-state index in [2.05, 4.69) is 72.6 Å². The minimum atomic E-state index is 1.21. The maximum atomic E-state index is 2.17. The molecule has 2 aromatic rings. The fraction of sp³-hybridized carbons (Fsp3) is 0. The molecule has 1 nitrogen and oxygen atoms in total. The Labute approximate surface area is 96.1 Å². The van der Waals surface area contributed by atoms with Crippen molar-refractivity contribution in [3.05, 3.63) is 60.7 Å². The second-order valence-electron chi connectivity index (χ2n) is 3.01. The van der Waals surface area contributed by atoms with E-state index in [1.165, 1.54) is 11.4 Å². The first-order valence-corrected chi connectivity index (χ1v) is 5.19. The summed E-state index contributed by atoms with van der Waals surface area (Å²) in [6, 6.07) is 20.7. The Balaban J connectivity index is 2.30. The van der Waals surface area contributed by atoms with Crippen LogP contribution in [0.15, 0.2) is 60.7 Å². The molecule has 0 aliphatic heterocycles. The summed E-state index contributed by atoms with van der Waals surface area (Å²) in [4.78, 5) is 0. The van der Waals surface area contributed by atoms with E-state index in [0.29, 0.717) is 0 Å². The zero-order chi connectivity index (χ0) is 9.80. The Bertz CT molecular complexity index is 346. The van der Waals surface area contributed by atoms with E-state index < -0.39 is 0 Å². The summed E-state index contributed by atoms with van der Waals surface area (Å²) in [5.41, 5.74) is 2.41. The van der Waals surface area contributed by atoms with Crippen LogP contribution in [0.1, 0.15) is 0 Å². The summed E-state index contributed by atoms with van der Waals surface area (Å²) in [5, 5.41) is 0. The predicted molar refractivity (Wildman–Crippen MR) is 55.0 cm³/mol. The van der Waals surface area contributed by atoms with E-state index in [1.54, 1.807) is 0 Å². The van der Waals surface area contributed by atoms with E-state index in [1.807, 2.05) is 12.1 Å². The van der Waals surface area contributed by atoms with Crippen LogP contribution in [-0.4, -0.2) is 0 Å². The van der Waals surface area contributed by atoms with Crippen LogP contribution in [-0.2, 0) is 20.7 Å². The molecule has 0 atom stereocenters. The molecule has 0 aliphatic carbocycles. The van der Waals surface area contributed by atoms with E-state index in [9.17, 15) is 0 Å². The molecule has 0 aliphatic rings. The fourth-order valence-corrected chi connectivity index (χ4v) is 1.77. The Morgan fingerprint density at radius 3 is 1.36 bits per heavy atom. The number of para-hydroxylation sites is 2. The Kier molecular flexibility index (Phi) is 3.02. The van der Waals surface area contributed by atoms with Gasteiger partial charge in [-0.15, -0.1) is 0 Å². The summed E-state index contributed by atoms with van der Waals surface area (Å²) in [7, 11) is 0. The minimum absolute atomic E-state index is 1.21. The molecular weight excluding hydrogens is 206 g/mol. The molecule has 0 heterocycles. The van der Waals surface area contributed by atoms with Gasteiger partial charge in [-0.25, -0.2) is 0 Å². The number of anilines is 2. The van der Waals surface area contributed by atoms with Gasteiger partial charge in [0.05, 0.1) is 0 Å². The molecule has 0 fully saturated rings. The van der Waals surface area contributed by atoms with Crippen LogP contribution >= 0.6 is 0 Å². The first-order valence-electron chi connectivity index (χ1n) is 4.49. The topological polar surface area (TPSA) is 3.24 Å². The number of hydrogen-bond donors (Lipinski definition) is 0. The SMILES string of the molecule is [Ti][N](c1ccccc1)c1ccccc1. The van der Waals surface area contributed by atoms with Crippen molar-refractivity contribution in [1.82, 2.24) is 0 Å². The maximum absolute atomic E-state index is 2.17. The molecule has 0 unspecified atom stereocenters. The van der Waals surface area contributed by atoms with Crippen molar-refractivity contribution >= 4 is 11.4 Å². The molecule has 0 saturated heterocycles. The van der Waals surface area contributed by atoms with Gasteiger partial charge in [0, 0.05) is 0 Å². The van der Waals surface area contributed by atoms with Gasteiger partial charge in [0.2, 0.25) is 0 Å². The van der Waals surface area contributed by atoms with Crippen molar-refractivity contribution in [2.45, 2.75) is 0 Å². The van der Waals surface area contributed by atoms with Gasteiger partial charge in [-0.2, -0.15) is 0 Å². The molecule has 0 N–H and O–H groups in total. The summed E-state index contributed by atoms with van der Waals surface area (Å²) in [5.74, 6) is 0. The van der Waals surface area contributed by atoms with Gasteiger partial charge in [0.15, 0.2) is 0 Å². The van der Waals surface area contributed by atoms with Gasteiger partial charge in [-0.1, -0.05) is 0 Å². The zero-order valence-corrected chi connectivity index (χ0v) is 9.28. The van der Waals surface area contributed by atoms with Crippen LogP contribution in [0.2, 0.25) is 0 Å². The monoisotopic (exact) mass is 216 g/mol. The molecule has 14 heavy (non-hydrogen) atoms. The number of benzene rings is 2. The molecule has 0 spiro atoms. The average molecular weight is 216 g/mol. The first-order chi connectivity index (χ1) is 6.88. The van der Waals surface area contributed by atoms with Crippen LogP contribution in [0.3, 0.4) is 0 Å². The van der Waals surface area contributed by atoms with Crippen molar-refractivity contribution in [3.8, 4) is 0 Å². The summed E-state index contributed by atoms with van der Waals surface area (Å²) in [6.07, 6.45) is 0. The second-order valence-corrected chi connectivity index (χ2v) is 3.70. The molecule has 0 amide bonds. The summed E-state index contributed by atoms with van der Waals surface area (Å²) in [6.45, 7) is 0. The van der Waals surface area contributed by atoms with Crippen LogP contribution in [0.25, 0.3) is 0 Å². The molecule has 0 bridgehead atoms. The van der Waals surface area contributed by atoms with Gasteiger partial charge in [-0.05, 0) is 0 Å². The summed E-state index contributed by atoms with van der Waals surface area (Å²) >= 11 is 2.07. The van der Waals surface area contributed by atoms with E-state index in [-0.39, 0.29) is 0 Å². The average Bonchev–Trinajstić information content (AvgIpc) is 2.30. The van der Waals surface area contributed by atoms with Crippen molar-refractivity contribution in [2.24, 2.45) is 0 Å². The standard InChI is InChI=1S/C12H10N.Ti/c1-3-7-11(8-4-1)13-12-9-5-2-6-10-12;/h1-10H;/q-1;+1. The van der Waals surface area contributed by atoms with Gasteiger partial charge in [-0.3, -0.25) is 0 Å². The Hall–Kier alpha value is -1.05. The number of nitrogens with zero attached hydrogens (tertiary/aromatic N) is 1.